The van der Waals surface area contributed by atoms with Crippen LogP contribution in [0.5, 0.6) is 0 Å². The number of hydrogen-bond acceptors (Lipinski definition) is 1. The first-order valence-electron chi connectivity index (χ1n) is 6.45. The summed E-state index contributed by atoms with van der Waals surface area (Å²) in [7, 11) is 2.09. The molecule has 1 aromatic rings. The molecule has 0 bridgehead atoms. The van der Waals surface area contributed by atoms with Crippen LogP contribution in [-0.2, 0) is 0 Å². The van der Waals surface area contributed by atoms with E-state index < -0.39 is 0 Å². The van der Waals surface area contributed by atoms with E-state index in [4.69, 9.17) is 0 Å². The highest BCUT2D eigenvalue weighted by molar-refractivity contribution is 5.33. The normalized spacial score (nSPS) is 25.7. The van der Waals surface area contributed by atoms with Crippen molar-refractivity contribution in [3.05, 3.63) is 34.9 Å². The quantitative estimate of drug-likeness (QED) is 0.799. The molecule has 1 aliphatic carbocycles. The lowest BCUT2D eigenvalue weighted by atomic mass is 9.80. The zero-order valence-electron chi connectivity index (χ0n) is 10.7. The Morgan fingerprint density at radius 2 is 1.75 bits per heavy atom. The molecule has 0 amide bonds. The van der Waals surface area contributed by atoms with Crippen LogP contribution >= 0.6 is 0 Å². The Morgan fingerprint density at radius 1 is 1.06 bits per heavy atom. The third kappa shape index (κ3) is 2.46. The second-order valence-electron chi connectivity index (χ2n) is 5.20. The second kappa shape index (κ2) is 5.01. The monoisotopic (exact) mass is 217 g/mol. The predicted molar refractivity (Wildman–Crippen MR) is 70.0 cm³/mol. The Bertz CT molecular complexity index is 348. The van der Waals surface area contributed by atoms with Gasteiger partial charge in [-0.25, -0.2) is 0 Å². The van der Waals surface area contributed by atoms with Gasteiger partial charge in [0.05, 0.1) is 0 Å². The van der Waals surface area contributed by atoms with Crippen molar-refractivity contribution in [3.63, 3.8) is 0 Å². The highest BCUT2D eigenvalue weighted by Crippen LogP contribution is 2.34. The van der Waals surface area contributed by atoms with Crippen LogP contribution in [-0.4, -0.2) is 13.1 Å². The second-order valence-corrected chi connectivity index (χ2v) is 5.20. The van der Waals surface area contributed by atoms with E-state index in [1.54, 1.807) is 5.56 Å². The van der Waals surface area contributed by atoms with Gasteiger partial charge in [0.2, 0.25) is 0 Å². The standard InChI is InChI=1S/C15H23N/c1-11-4-9-15(12(2)10-11)13-5-7-14(16-3)8-6-13/h4,9-10,13-14,16H,5-8H2,1-3H3. The molecule has 2 rings (SSSR count). The molecule has 0 radical (unpaired) electrons. The van der Waals surface area contributed by atoms with Gasteiger partial charge >= 0.3 is 0 Å². The van der Waals surface area contributed by atoms with Crippen molar-refractivity contribution in [2.75, 3.05) is 7.05 Å². The van der Waals surface area contributed by atoms with E-state index >= 15 is 0 Å². The molecular formula is C15H23N. The molecule has 0 atom stereocenters. The van der Waals surface area contributed by atoms with Crippen LogP contribution in [0.15, 0.2) is 18.2 Å². The fraction of sp³-hybridized carbons (Fsp3) is 0.600. The summed E-state index contributed by atoms with van der Waals surface area (Å²) in [6, 6.07) is 7.67. The highest BCUT2D eigenvalue weighted by Gasteiger charge is 2.22. The van der Waals surface area contributed by atoms with E-state index in [0.29, 0.717) is 0 Å². The maximum Gasteiger partial charge on any atom is 0.00644 e. The molecule has 0 spiro atoms. The minimum atomic E-state index is 0.752. The van der Waals surface area contributed by atoms with Gasteiger partial charge in [-0.1, -0.05) is 23.8 Å². The zero-order valence-corrected chi connectivity index (χ0v) is 10.7. The first-order valence-corrected chi connectivity index (χ1v) is 6.45. The largest absolute Gasteiger partial charge is 0.317 e. The zero-order chi connectivity index (χ0) is 11.5. The summed E-state index contributed by atoms with van der Waals surface area (Å²) in [5.74, 6) is 0.796. The Hall–Kier alpha value is -0.820. The van der Waals surface area contributed by atoms with Crippen molar-refractivity contribution in [3.8, 4) is 0 Å². The fourth-order valence-corrected chi connectivity index (χ4v) is 2.98. The summed E-state index contributed by atoms with van der Waals surface area (Å²) >= 11 is 0. The Balaban J connectivity index is 2.08. The maximum absolute atomic E-state index is 3.40. The third-order valence-electron chi connectivity index (χ3n) is 4.00. The van der Waals surface area contributed by atoms with Crippen LogP contribution in [0, 0.1) is 13.8 Å². The number of rotatable bonds is 2. The highest BCUT2D eigenvalue weighted by atomic mass is 14.9. The van der Waals surface area contributed by atoms with Crippen molar-refractivity contribution >= 4 is 0 Å². The van der Waals surface area contributed by atoms with Gasteiger partial charge in [0.25, 0.3) is 0 Å². The minimum Gasteiger partial charge on any atom is -0.317 e. The van der Waals surface area contributed by atoms with E-state index in [1.165, 1.54) is 36.8 Å². The smallest absolute Gasteiger partial charge is 0.00644 e. The van der Waals surface area contributed by atoms with Gasteiger partial charge in [0.15, 0.2) is 0 Å². The number of hydrogen-bond donors (Lipinski definition) is 1. The van der Waals surface area contributed by atoms with Crippen LogP contribution < -0.4 is 5.32 Å². The molecule has 0 unspecified atom stereocenters. The third-order valence-corrected chi connectivity index (χ3v) is 4.00. The summed E-state index contributed by atoms with van der Waals surface area (Å²) < 4.78 is 0. The summed E-state index contributed by atoms with van der Waals surface area (Å²) in [4.78, 5) is 0. The van der Waals surface area contributed by atoms with Crippen LogP contribution in [0.3, 0.4) is 0 Å². The SMILES string of the molecule is CNC1CCC(c2ccc(C)cc2C)CC1. The molecule has 0 aliphatic heterocycles. The molecule has 1 N–H and O–H groups in total. The van der Waals surface area contributed by atoms with Gasteiger partial charge in [-0.2, -0.15) is 0 Å². The lowest BCUT2D eigenvalue weighted by molar-refractivity contribution is 0.358. The summed E-state index contributed by atoms with van der Waals surface area (Å²) in [6.45, 7) is 4.43. The van der Waals surface area contributed by atoms with E-state index in [2.05, 4.69) is 44.4 Å². The van der Waals surface area contributed by atoms with Crippen LogP contribution in [0.4, 0.5) is 0 Å². The van der Waals surface area contributed by atoms with Crippen molar-refractivity contribution < 1.29 is 0 Å². The maximum atomic E-state index is 3.40. The van der Waals surface area contributed by atoms with Crippen LogP contribution in [0.25, 0.3) is 0 Å². The Morgan fingerprint density at radius 3 is 2.31 bits per heavy atom. The van der Waals surface area contributed by atoms with Gasteiger partial charge in [0.1, 0.15) is 0 Å². The van der Waals surface area contributed by atoms with Crippen molar-refractivity contribution in [2.24, 2.45) is 0 Å². The molecule has 0 aromatic heterocycles. The molecule has 0 saturated heterocycles. The van der Waals surface area contributed by atoms with Gasteiger partial charge in [-0.05, 0) is 63.6 Å². The molecule has 1 nitrogen and oxygen atoms in total. The van der Waals surface area contributed by atoms with Gasteiger partial charge in [0, 0.05) is 6.04 Å². The lowest BCUT2D eigenvalue weighted by Crippen LogP contribution is -2.29. The summed E-state index contributed by atoms with van der Waals surface area (Å²) in [6.07, 6.45) is 5.34. The van der Waals surface area contributed by atoms with E-state index in [-0.39, 0.29) is 0 Å². The van der Waals surface area contributed by atoms with Gasteiger partial charge in [-0.15, -0.1) is 0 Å². The van der Waals surface area contributed by atoms with Crippen LogP contribution in [0.1, 0.15) is 48.3 Å². The molecular weight excluding hydrogens is 194 g/mol. The molecule has 88 valence electrons. The van der Waals surface area contributed by atoms with Crippen molar-refractivity contribution in [2.45, 2.75) is 51.5 Å². The Kier molecular flexibility index (Phi) is 3.65. The van der Waals surface area contributed by atoms with Gasteiger partial charge < -0.3 is 5.32 Å². The summed E-state index contributed by atoms with van der Waals surface area (Å²) in [5, 5.41) is 3.40. The number of nitrogens with one attached hydrogen (secondary N) is 1. The average molecular weight is 217 g/mol. The molecule has 1 fully saturated rings. The predicted octanol–water partition coefficient (Wildman–Crippen LogP) is 3.55. The molecule has 16 heavy (non-hydrogen) atoms. The molecule has 0 heterocycles. The summed E-state index contributed by atoms with van der Waals surface area (Å²) in [5.41, 5.74) is 4.44. The average Bonchev–Trinajstić information content (AvgIpc) is 2.29. The van der Waals surface area contributed by atoms with E-state index in [0.717, 1.165) is 12.0 Å². The van der Waals surface area contributed by atoms with E-state index in [1.807, 2.05) is 0 Å². The van der Waals surface area contributed by atoms with Crippen molar-refractivity contribution in [1.82, 2.24) is 5.32 Å². The molecule has 1 heteroatoms. The number of aryl methyl sites for hydroxylation is 2. The number of benzene rings is 1. The Labute approximate surface area is 99.3 Å². The first kappa shape index (κ1) is 11.7. The topological polar surface area (TPSA) is 12.0 Å². The molecule has 1 aromatic carbocycles. The molecule has 1 aliphatic rings. The lowest BCUT2D eigenvalue weighted by Gasteiger charge is -2.29. The van der Waals surface area contributed by atoms with Crippen LogP contribution in [0.2, 0.25) is 0 Å². The minimum absolute atomic E-state index is 0.752. The van der Waals surface area contributed by atoms with E-state index in [9.17, 15) is 0 Å². The molecule has 1 saturated carbocycles. The first-order chi connectivity index (χ1) is 7.70. The van der Waals surface area contributed by atoms with Gasteiger partial charge in [-0.3, -0.25) is 0 Å². The van der Waals surface area contributed by atoms with Crippen molar-refractivity contribution in [1.29, 1.82) is 0 Å². The fourth-order valence-electron chi connectivity index (χ4n) is 2.98.